The van der Waals surface area contributed by atoms with E-state index in [1.54, 1.807) is 0 Å². The molecule has 0 bridgehead atoms. The third-order valence-electron chi connectivity index (χ3n) is 5.41. The molecule has 1 aromatic rings. The minimum absolute atomic E-state index is 0.268. The second kappa shape index (κ2) is 6.93. The van der Waals surface area contributed by atoms with E-state index < -0.39 is 0 Å². The molecule has 1 saturated carbocycles. The van der Waals surface area contributed by atoms with Crippen molar-refractivity contribution in [2.75, 3.05) is 19.8 Å². The number of ether oxygens (including phenoxy) is 1. The van der Waals surface area contributed by atoms with Crippen LogP contribution in [0.5, 0.6) is 0 Å². The van der Waals surface area contributed by atoms with E-state index in [9.17, 15) is 0 Å². The number of benzene rings is 1. The van der Waals surface area contributed by atoms with Gasteiger partial charge in [0.15, 0.2) is 0 Å². The van der Waals surface area contributed by atoms with Gasteiger partial charge in [-0.2, -0.15) is 0 Å². The van der Waals surface area contributed by atoms with Crippen LogP contribution in [0.2, 0.25) is 0 Å². The van der Waals surface area contributed by atoms with Gasteiger partial charge in [-0.3, -0.25) is 0 Å². The van der Waals surface area contributed by atoms with Crippen LogP contribution in [0.3, 0.4) is 0 Å². The minimum Gasteiger partial charge on any atom is -0.381 e. The van der Waals surface area contributed by atoms with Gasteiger partial charge in [-0.25, -0.2) is 0 Å². The highest BCUT2D eigenvalue weighted by molar-refractivity contribution is 5.28. The molecule has 1 atom stereocenters. The summed E-state index contributed by atoms with van der Waals surface area (Å²) in [7, 11) is 0. The minimum atomic E-state index is 0.268. The first-order valence-corrected chi connectivity index (χ1v) is 8.72. The first-order valence-electron chi connectivity index (χ1n) is 8.72. The van der Waals surface area contributed by atoms with Gasteiger partial charge < -0.3 is 10.1 Å². The Morgan fingerprint density at radius 1 is 1.19 bits per heavy atom. The molecule has 1 N–H and O–H groups in total. The Morgan fingerprint density at radius 2 is 1.90 bits per heavy atom. The molecule has 2 aliphatic rings. The molecule has 0 radical (unpaired) electrons. The lowest BCUT2D eigenvalue weighted by Gasteiger charge is -2.44. The van der Waals surface area contributed by atoms with Gasteiger partial charge >= 0.3 is 0 Å². The fourth-order valence-electron chi connectivity index (χ4n) is 3.97. The van der Waals surface area contributed by atoms with E-state index in [4.69, 9.17) is 4.74 Å². The SMILES string of the molecule is CCNC(CCC1CC1)C1(c2ccccc2)CCOCC1. The third-order valence-corrected chi connectivity index (χ3v) is 5.41. The van der Waals surface area contributed by atoms with Crippen LogP contribution in [-0.4, -0.2) is 25.8 Å². The third kappa shape index (κ3) is 3.49. The Hall–Kier alpha value is -0.860. The Labute approximate surface area is 129 Å². The van der Waals surface area contributed by atoms with Crippen LogP contribution in [0.1, 0.15) is 51.0 Å². The number of likely N-dealkylation sites (N-methyl/N-ethyl adjacent to an activating group) is 1. The van der Waals surface area contributed by atoms with Gasteiger partial charge in [-0.05, 0) is 43.7 Å². The maximum Gasteiger partial charge on any atom is 0.0475 e. The predicted octanol–water partition coefficient (Wildman–Crippen LogP) is 3.90. The van der Waals surface area contributed by atoms with Crippen molar-refractivity contribution in [2.45, 2.75) is 56.9 Å². The Bertz CT molecular complexity index is 420. The molecule has 1 aliphatic heterocycles. The molecule has 2 nitrogen and oxygen atoms in total. The summed E-state index contributed by atoms with van der Waals surface area (Å²) >= 11 is 0. The smallest absolute Gasteiger partial charge is 0.0475 e. The number of hydrogen-bond donors (Lipinski definition) is 1. The van der Waals surface area contributed by atoms with E-state index in [0.717, 1.165) is 38.5 Å². The zero-order chi connectivity index (χ0) is 14.5. The molecule has 1 unspecified atom stereocenters. The summed E-state index contributed by atoms with van der Waals surface area (Å²) < 4.78 is 5.68. The topological polar surface area (TPSA) is 21.3 Å². The van der Waals surface area contributed by atoms with Crippen LogP contribution in [0.25, 0.3) is 0 Å². The standard InChI is InChI=1S/C19H29NO/c1-2-20-18(11-10-16-8-9-16)19(12-14-21-15-13-19)17-6-4-3-5-7-17/h3-7,16,18,20H,2,8-15H2,1H3. The zero-order valence-electron chi connectivity index (χ0n) is 13.3. The summed E-state index contributed by atoms with van der Waals surface area (Å²) in [5.74, 6) is 1.01. The van der Waals surface area contributed by atoms with Crippen molar-refractivity contribution in [3.8, 4) is 0 Å². The molecule has 3 rings (SSSR count). The van der Waals surface area contributed by atoms with E-state index in [1.807, 2.05) is 0 Å². The summed E-state index contributed by atoms with van der Waals surface area (Å²) in [6.45, 7) is 5.10. The van der Waals surface area contributed by atoms with Gasteiger partial charge in [0.05, 0.1) is 0 Å². The number of hydrogen-bond acceptors (Lipinski definition) is 2. The molecule has 2 heteroatoms. The molecule has 1 saturated heterocycles. The van der Waals surface area contributed by atoms with Gasteiger partial charge in [-0.1, -0.05) is 50.1 Å². The molecule has 1 aromatic carbocycles. The van der Waals surface area contributed by atoms with Crippen molar-refractivity contribution >= 4 is 0 Å². The highest BCUT2D eigenvalue weighted by Crippen LogP contribution is 2.42. The predicted molar refractivity (Wildman–Crippen MR) is 87.6 cm³/mol. The second-order valence-electron chi connectivity index (χ2n) is 6.77. The molecule has 2 fully saturated rings. The van der Waals surface area contributed by atoms with Crippen LogP contribution >= 0.6 is 0 Å². The molecule has 1 heterocycles. The lowest BCUT2D eigenvalue weighted by atomic mass is 9.67. The number of nitrogens with one attached hydrogen (secondary N) is 1. The molecule has 21 heavy (non-hydrogen) atoms. The molecule has 0 amide bonds. The molecule has 116 valence electrons. The molecule has 1 aliphatic carbocycles. The average molecular weight is 287 g/mol. The van der Waals surface area contributed by atoms with Crippen LogP contribution in [-0.2, 0) is 10.2 Å². The maximum atomic E-state index is 5.68. The van der Waals surface area contributed by atoms with Crippen LogP contribution in [0, 0.1) is 5.92 Å². The fraction of sp³-hybridized carbons (Fsp3) is 0.684. The van der Waals surface area contributed by atoms with E-state index >= 15 is 0 Å². The largest absolute Gasteiger partial charge is 0.381 e. The monoisotopic (exact) mass is 287 g/mol. The van der Waals surface area contributed by atoms with Crippen molar-refractivity contribution in [2.24, 2.45) is 5.92 Å². The molecule has 0 aromatic heterocycles. The Balaban J connectivity index is 1.83. The van der Waals surface area contributed by atoms with Crippen LogP contribution in [0.4, 0.5) is 0 Å². The quantitative estimate of drug-likeness (QED) is 0.821. The van der Waals surface area contributed by atoms with Gasteiger partial charge in [0.25, 0.3) is 0 Å². The highest BCUT2D eigenvalue weighted by atomic mass is 16.5. The Morgan fingerprint density at radius 3 is 2.52 bits per heavy atom. The molecular formula is C19H29NO. The molecule has 0 spiro atoms. The normalized spacial score (nSPS) is 22.9. The Kier molecular flexibility index (Phi) is 4.97. The van der Waals surface area contributed by atoms with E-state index in [1.165, 1.54) is 31.2 Å². The van der Waals surface area contributed by atoms with Crippen LogP contribution < -0.4 is 5.32 Å². The molecular weight excluding hydrogens is 258 g/mol. The van der Waals surface area contributed by atoms with Crippen molar-refractivity contribution in [1.82, 2.24) is 5.32 Å². The van der Waals surface area contributed by atoms with E-state index in [2.05, 4.69) is 42.6 Å². The van der Waals surface area contributed by atoms with Crippen molar-refractivity contribution < 1.29 is 4.74 Å². The summed E-state index contributed by atoms with van der Waals surface area (Å²) in [6, 6.07) is 11.8. The van der Waals surface area contributed by atoms with Gasteiger partial charge in [0.2, 0.25) is 0 Å². The number of rotatable bonds is 7. The summed E-state index contributed by atoms with van der Waals surface area (Å²) in [4.78, 5) is 0. The van der Waals surface area contributed by atoms with E-state index in [0.29, 0.717) is 6.04 Å². The van der Waals surface area contributed by atoms with Crippen molar-refractivity contribution in [1.29, 1.82) is 0 Å². The maximum absolute atomic E-state index is 5.68. The first kappa shape index (κ1) is 15.1. The average Bonchev–Trinajstić information content (AvgIpc) is 3.37. The highest BCUT2D eigenvalue weighted by Gasteiger charge is 2.41. The summed E-state index contributed by atoms with van der Waals surface area (Å²) in [6.07, 6.45) is 7.93. The zero-order valence-corrected chi connectivity index (χ0v) is 13.3. The van der Waals surface area contributed by atoms with Crippen LogP contribution in [0.15, 0.2) is 30.3 Å². The first-order chi connectivity index (χ1) is 10.3. The fourth-order valence-corrected chi connectivity index (χ4v) is 3.97. The van der Waals surface area contributed by atoms with E-state index in [-0.39, 0.29) is 5.41 Å². The summed E-state index contributed by atoms with van der Waals surface area (Å²) in [5, 5.41) is 3.82. The lowest BCUT2D eigenvalue weighted by Crippen LogP contribution is -2.51. The van der Waals surface area contributed by atoms with Crippen molar-refractivity contribution in [3.63, 3.8) is 0 Å². The van der Waals surface area contributed by atoms with Gasteiger partial charge in [-0.15, -0.1) is 0 Å². The van der Waals surface area contributed by atoms with Gasteiger partial charge in [0, 0.05) is 24.7 Å². The van der Waals surface area contributed by atoms with Crippen molar-refractivity contribution in [3.05, 3.63) is 35.9 Å². The van der Waals surface area contributed by atoms with Gasteiger partial charge in [0.1, 0.15) is 0 Å². The lowest BCUT2D eigenvalue weighted by molar-refractivity contribution is 0.0326. The second-order valence-corrected chi connectivity index (χ2v) is 6.77. The summed E-state index contributed by atoms with van der Waals surface area (Å²) in [5.41, 5.74) is 1.78.